The summed E-state index contributed by atoms with van der Waals surface area (Å²) in [5, 5.41) is 13.4. The predicted octanol–water partition coefficient (Wildman–Crippen LogP) is 5.03. The molecule has 3 aromatic rings. The fourth-order valence-corrected chi connectivity index (χ4v) is 3.87. The number of likely N-dealkylation sites (tertiary alicyclic amines) is 1. The number of pyridine rings is 1. The lowest BCUT2D eigenvalue weighted by atomic mass is 10.00. The number of carbonyl (C=O) groups is 1. The molecule has 0 aliphatic carbocycles. The van der Waals surface area contributed by atoms with Gasteiger partial charge in [-0.1, -0.05) is 18.6 Å². The van der Waals surface area contributed by atoms with Crippen LogP contribution < -0.4 is 5.32 Å². The molecule has 5 heteroatoms. The van der Waals surface area contributed by atoms with E-state index in [1.54, 1.807) is 12.1 Å². The number of benzene rings is 2. The molecule has 1 aliphatic heterocycles. The van der Waals surface area contributed by atoms with Crippen molar-refractivity contribution in [1.29, 1.82) is 5.26 Å². The molecule has 1 atom stereocenters. The van der Waals surface area contributed by atoms with Crippen LogP contribution in [0.5, 0.6) is 0 Å². The number of nitriles is 1. The van der Waals surface area contributed by atoms with Crippen molar-refractivity contribution in [3.05, 3.63) is 65.4 Å². The van der Waals surface area contributed by atoms with Crippen molar-refractivity contribution < 1.29 is 4.79 Å². The highest BCUT2D eigenvalue weighted by Crippen LogP contribution is 2.29. The first-order chi connectivity index (χ1) is 14.0. The van der Waals surface area contributed by atoms with Crippen LogP contribution in [0.3, 0.4) is 0 Å². The van der Waals surface area contributed by atoms with E-state index in [1.165, 1.54) is 6.42 Å². The highest BCUT2D eigenvalue weighted by molar-refractivity contribution is 6.00. The number of aryl methyl sites for hydroxylation is 1. The number of rotatable bonds is 3. The van der Waals surface area contributed by atoms with Gasteiger partial charge in [0, 0.05) is 24.2 Å². The van der Waals surface area contributed by atoms with Crippen LogP contribution in [0.1, 0.15) is 41.4 Å². The van der Waals surface area contributed by atoms with E-state index in [1.807, 2.05) is 42.2 Å². The molecule has 0 radical (unpaired) electrons. The monoisotopic (exact) mass is 384 g/mol. The van der Waals surface area contributed by atoms with Gasteiger partial charge in [-0.25, -0.2) is 4.98 Å². The van der Waals surface area contributed by atoms with Gasteiger partial charge in [0.25, 0.3) is 5.91 Å². The third-order valence-electron chi connectivity index (χ3n) is 5.42. The van der Waals surface area contributed by atoms with Crippen molar-refractivity contribution in [3.8, 4) is 6.07 Å². The summed E-state index contributed by atoms with van der Waals surface area (Å²) in [5.74, 6) is 0.508. The van der Waals surface area contributed by atoms with Gasteiger partial charge in [-0.05, 0) is 68.1 Å². The molecule has 4 rings (SSSR count). The highest BCUT2D eigenvalue weighted by Gasteiger charge is 2.24. The average Bonchev–Trinajstić information content (AvgIpc) is 2.74. The molecular formula is C24H24N4O. The summed E-state index contributed by atoms with van der Waals surface area (Å²) in [4.78, 5) is 19.7. The average molecular weight is 384 g/mol. The number of hydrogen-bond acceptors (Lipinski definition) is 4. The largest absolute Gasteiger partial charge is 0.355 e. The molecular weight excluding hydrogens is 360 g/mol. The number of carbonyl (C=O) groups excluding carboxylic acids is 1. The molecule has 5 nitrogen and oxygen atoms in total. The Morgan fingerprint density at radius 3 is 2.72 bits per heavy atom. The molecule has 1 N–H and O–H groups in total. The minimum absolute atomic E-state index is 0.0121. The van der Waals surface area contributed by atoms with Gasteiger partial charge < -0.3 is 10.2 Å². The molecule has 1 amide bonds. The number of amides is 1. The summed E-state index contributed by atoms with van der Waals surface area (Å²) in [6, 6.07) is 17.3. The van der Waals surface area contributed by atoms with Crippen LogP contribution in [0.2, 0.25) is 0 Å². The predicted molar refractivity (Wildman–Crippen MR) is 115 cm³/mol. The summed E-state index contributed by atoms with van der Waals surface area (Å²) in [6.07, 6.45) is 2.20. The SMILES string of the molecule is Cc1ccc2nc(C(=O)N3CCC[C@H](C)C3)cc(Nc3ccc(C#N)cc3)c2c1. The topological polar surface area (TPSA) is 69.0 Å². The lowest BCUT2D eigenvalue weighted by Gasteiger charge is -2.30. The zero-order chi connectivity index (χ0) is 20.4. The van der Waals surface area contributed by atoms with E-state index in [-0.39, 0.29) is 5.91 Å². The number of nitrogens with zero attached hydrogens (tertiary/aromatic N) is 3. The first kappa shape index (κ1) is 18.9. The van der Waals surface area contributed by atoms with Crippen LogP contribution in [-0.4, -0.2) is 28.9 Å². The van der Waals surface area contributed by atoms with Gasteiger partial charge in [0.15, 0.2) is 0 Å². The fraction of sp³-hybridized carbons (Fsp3) is 0.292. The van der Waals surface area contributed by atoms with Crippen molar-refractivity contribution in [2.75, 3.05) is 18.4 Å². The second-order valence-corrected chi connectivity index (χ2v) is 7.89. The van der Waals surface area contributed by atoms with Crippen molar-refractivity contribution >= 4 is 28.2 Å². The number of piperidine rings is 1. The lowest BCUT2D eigenvalue weighted by Crippen LogP contribution is -2.39. The second kappa shape index (κ2) is 7.92. The summed E-state index contributed by atoms with van der Waals surface area (Å²) >= 11 is 0. The molecule has 2 heterocycles. The molecule has 1 aliphatic rings. The first-order valence-electron chi connectivity index (χ1n) is 10.0. The van der Waals surface area contributed by atoms with Crippen molar-refractivity contribution in [2.45, 2.75) is 26.7 Å². The Balaban J connectivity index is 1.73. The lowest BCUT2D eigenvalue weighted by molar-refractivity contribution is 0.0677. The van der Waals surface area contributed by atoms with E-state index in [0.29, 0.717) is 17.2 Å². The van der Waals surface area contributed by atoms with Crippen molar-refractivity contribution in [2.24, 2.45) is 5.92 Å². The number of anilines is 2. The van der Waals surface area contributed by atoms with Gasteiger partial charge >= 0.3 is 0 Å². The molecule has 1 aromatic heterocycles. The molecule has 29 heavy (non-hydrogen) atoms. The van der Waals surface area contributed by atoms with Crippen LogP contribution in [0, 0.1) is 24.2 Å². The molecule has 0 bridgehead atoms. The van der Waals surface area contributed by atoms with E-state index in [9.17, 15) is 4.79 Å². The van der Waals surface area contributed by atoms with E-state index < -0.39 is 0 Å². The normalized spacial score (nSPS) is 16.4. The zero-order valence-corrected chi connectivity index (χ0v) is 16.8. The van der Waals surface area contributed by atoms with E-state index in [0.717, 1.165) is 47.4 Å². The molecule has 0 unspecified atom stereocenters. The van der Waals surface area contributed by atoms with E-state index in [2.05, 4.69) is 29.4 Å². The van der Waals surface area contributed by atoms with Gasteiger partial charge in [0.2, 0.25) is 0 Å². The molecule has 0 saturated carbocycles. The van der Waals surface area contributed by atoms with E-state index in [4.69, 9.17) is 5.26 Å². The Kier molecular flexibility index (Phi) is 5.18. The van der Waals surface area contributed by atoms with Crippen LogP contribution in [0.15, 0.2) is 48.5 Å². The quantitative estimate of drug-likeness (QED) is 0.687. The number of hydrogen-bond donors (Lipinski definition) is 1. The molecule has 146 valence electrons. The Labute approximate surface area is 171 Å². The summed E-state index contributed by atoms with van der Waals surface area (Å²) in [6.45, 7) is 5.80. The smallest absolute Gasteiger partial charge is 0.272 e. The highest BCUT2D eigenvalue weighted by atomic mass is 16.2. The Hall–Kier alpha value is -3.39. The van der Waals surface area contributed by atoms with Crippen LogP contribution >= 0.6 is 0 Å². The molecule has 1 saturated heterocycles. The number of fused-ring (bicyclic) bond motifs is 1. The number of nitrogens with one attached hydrogen (secondary N) is 1. The van der Waals surface area contributed by atoms with Gasteiger partial charge in [0.05, 0.1) is 22.8 Å². The standard InChI is InChI=1S/C24H24N4O/c1-16-5-10-21-20(12-16)22(26-19-8-6-18(14-25)7-9-19)13-23(27-21)24(29)28-11-3-4-17(2)15-28/h5-10,12-13,17H,3-4,11,15H2,1-2H3,(H,26,27)/t17-/m0/s1. The molecule has 2 aromatic carbocycles. The van der Waals surface area contributed by atoms with Gasteiger partial charge in [-0.2, -0.15) is 5.26 Å². The minimum atomic E-state index is -0.0121. The molecule has 1 fully saturated rings. The maximum atomic E-state index is 13.1. The summed E-state index contributed by atoms with van der Waals surface area (Å²) in [7, 11) is 0. The van der Waals surface area contributed by atoms with Gasteiger partial charge in [-0.3, -0.25) is 4.79 Å². The summed E-state index contributed by atoms with van der Waals surface area (Å²) < 4.78 is 0. The third-order valence-corrected chi connectivity index (χ3v) is 5.42. The van der Waals surface area contributed by atoms with Crippen LogP contribution in [0.4, 0.5) is 11.4 Å². The Morgan fingerprint density at radius 1 is 1.21 bits per heavy atom. The van der Waals surface area contributed by atoms with Gasteiger partial charge in [-0.15, -0.1) is 0 Å². The third kappa shape index (κ3) is 4.07. The van der Waals surface area contributed by atoms with Crippen LogP contribution in [-0.2, 0) is 0 Å². The molecule has 0 spiro atoms. The maximum Gasteiger partial charge on any atom is 0.272 e. The fourth-order valence-electron chi connectivity index (χ4n) is 3.87. The van der Waals surface area contributed by atoms with Gasteiger partial charge in [0.1, 0.15) is 5.69 Å². The Bertz CT molecular complexity index is 1100. The van der Waals surface area contributed by atoms with E-state index >= 15 is 0 Å². The zero-order valence-electron chi connectivity index (χ0n) is 16.8. The van der Waals surface area contributed by atoms with Crippen molar-refractivity contribution in [1.82, 2.24) is 9.88 Å². The number of aromatic nitrogens is 1. The maximum absolute atomic E-state index is 13.1. The second-order valence-electron chi connectivity index (χ2n) is 7.89. The van der Waals surface area contributed by atoms with Crippen molar-refractivity contribution in [3.63, 3.8) is 0 Å². The Morgan fingerprint density at radius 2 is 2.00 bits per heavy atom. The first-order valence-corrected chi connectivity index (χ1v) is 10.0. The minimum Gasteiger partial charge on any atom is -0.355 e. The van der Waals surface area contributed by atoms with Crippen LogP contribution in [0.25, 0.3) is 10.9 Å². The summed E-state index contributed by atoms with van der Waals surface area (Å²) in [5.41, 5.74) is 4.71.